The Kier molecular flexibility index (Phi) is 3.85. The molecule has 0 unspecified atom stereocenters. The molecule has 0 fully saturated rings. The van der Waals surface area contributed by atoms with Gasteiger partial charge in [0.25, 0.3) is 11.6 Å². The highest BCUT2D eigenvalue weighted by Crippen LogP contribution is 2.17. The number of anilines is 2. The van der Waals surface area contributed by atoms with E-state index in [1.54, 1.807) is 19.2 Å². The SMILES string of the molecule is CNc1ccc(C(=O)Nc2cccc([N+](=O)[O-])c2)nn1. The lowest BCUT2D eigenvalue weighted by Gasteiger charge is -2.04. The molecular formula is C12H11N5O3. The molecule has 0 aliphatic rings. The van der Waals surface area contributed by atoms with Crippen molar-refractivity contribution in [1.29, 1.82) is 0 Å². The van der Waals surface area contributed by atoms with Gasteiger partial charge in [-0.1, -0.05) is 6.07 Å². The number of nitro groups is 1. The van der Waals surface area contributed by atoms with E-state index in [0.29, 0.717) is 11.5 Å². The lowest BCUT2D eigenvalue weighted by molar-refractivity contribution is -0.384. The Morgan fingerprint density at radius 1 is 1.25 bits per heavy atom. The van der Waals surface area contributed by atoms with Crippen LogP contribution >= 0.6 is 0 Å². The van der Waals surface area contributed by atoms with Crippen LogP contribution in [0.3, 0.4) is 0 Å². The average molecular weight is 273 g/mol. The summed E-state index contributed by atoms with van der Waals surface area (Å²) in [6.07, 6.45) is 0. The van der Waals surface area contributed by atoms with Gasteiger partial charge in [0.05, 0.1) is 4.92 Å². The summed E-state index contributed by atoms with van der Waals surface area (Å²) in [6.45, 7) is 0. The quantitative estimate of drug-likeness (QED) is 0.647. The Hall–Kier alpha value is -3.03. The van der Waals surface area contributed by atoms with Crippen molar-refractivity contribution in [3.05, 3.63) is 52.2 Å². The minimum absolute atomic E-state index is 0.0978. The van der Waals surface area contributed by atoms with Crippen LogP contribution in [0.25, 0.3) is 0 Å². The number of nitro benzene ring substituents is 1. The monoisotopic (exact) mass is 273 g/mol. The number of nitrogens with zero attached hydrogens (tertiary/aromatic N) is 3. The van der Waals surface area contributed by atoms with Gasteiger partial charge in [-0.25, -0.2) is 0 Å². The molecule has 0 aliphatic heterocycles. The first-order valence-electron chi connectivity index (χ1n) is 5.67. The number of rotatable bonds is 4. The first kappa shape index (κ1) is 13.4. The van der Waals surface area contributed by atoms with Crippen molar-refractivity contribution in [2.24, 2.45) is 0 Å². The van der Waals surface area contributed by atoms with Gasteiger partial charge in [-0.2, -0.15) is 0 Å². The molecule has 102 valence electrons. The number of non-ortho nitro benzene ring substituents is 1. The minimum Gasteiger partial charge on any atom is -0.372 e. The molecule has 8 heteroatoms. The first-order chi connectivity index (χ1) is 9.60. The maximum Gasteiger partial charge on any atom is 0.276 e. The highest BCUT2D eigenvalue weighted by atomic mass is 16.6. The molecule has 1 aromatic heterocycles. The summed E-state index contributed by atoms with van der Waals surface area (Å²) in [4.78, 5) is 22.0. The third-order valence-corrected chi connectivity index (χ3v) is 2.47. The molecule has 1 heterocycles. The summed E-state index contributed by atoms with van der Waals surface area (Å²) < 4.78 is 0. The number of aromatic nitrogens is 2. The minimum atomic E-state index is -0.531. The molecule has 2 aromatic rings. The lowest BCUT2D eigenvalue weighted by atomic mass is 10.2. The van der Waals surface area contributed by atoms with Gasteiger partial charge >= 0.3 is 0 Å². The van der Waals surface area contributed by atoms with Crippen molar-refractivity contribution in [2.45, 2.75) is 0 Å². The Morgan fingerprint density at radius 3 is 2.65 bits per heavy atom. The van der Waals surface area contributed by atoms with Gasteiger partial charge in [-0.3, -0.25) is 14.9 Å². The van der Waals surface area contributed by atoms with Crippen LogP contribution in [0.4, 0.5) is 17.2 Å². The second-order valence-electron chi connectivity index (χ2n) is 3.82. The van der Waals surface area contributed by atoms with E-state index in [1.807, 2.05) is 0 Å². The van der Waals surface area contributed by atoms with Gasteiger partial charge in [-0.15, -0.1) is 10.2 Å². The van der Waals surface area contributed by atoms with Crippen LogP contribution in [0.1, 0.15) is 10.5 Å². The zero-order valence-corrected chi connectivity index (χ0v) is 10.5. The van der Waals surface area contributed by atoms with E-state index in [4.69, 9.17) is 0 Å². The highest BCUT2D eigenvalue weighted by Gasteiger charge is 2.11. The number of carbonyl (C=O) groups is 1. The number of benzene rings is 1. The fourth-order valence-corrected chi connectivity index (χ4v) is 1.48. The lowest BCUT2D eigenvalue weighted by Crippen LogP contribution is -2.14. The molecule has 8 nitrogen and oxygen atoms in total. The molecule has 0 saturated heterocycles. The van der Waals surface area contributed by atoms with E-state index in [-0.39, 0.29) is 11.4 Å². The summed E-state index contributed by atoms with van der Waals surface area (Å²) in [5, 5.41) is 23.5. The predicted octanol–water partition coefficient (Wildman–Crippen LogP) is 1.68. The van der Waals surface area contributed by atoms with Crippen LogP contribution in [0.5, 0.6) is 0 Å². The van der Waals surface area contributed by atoms with Crippen LogP contribution in [0.15, 0.2) is 36.4 Å². The number of hydrogen-bond acceptors (Lipinski definition) is 6. The normalized spacial score (nSPS) is 9.85. The van der Waals surface area contributed by atoms with Crippen LogP contribution in [0, 0.1) is 10.1 Å². The summed E-state index contributed by atoms with van der Waals surface area (Å²) in [6, 6.07) is 8.77. The van der Waals surface area contributed by atoms with Gasteiger partial charge < -0.3 is 10.6 Å². The van der Waals surface area contributed by atoms with Crippen molar-refractivity contribution < 1.29 is 9.72 Å². The van der Waals surface area contributed by atoms with E-state index in [0.717, 1.165) is 0 Å². The van der Waals surface area contributed by atoms with Gasteiger partial charge in [-0.05, 0) is 18.2 Å². The average Bonchev–Trinajstić information content (AvgIpc) is 2.47. The van der Waals surface area contributed by atoms with Gasteiger partial charge in [0.1, 0.15) is 5.82 Å². The van der Waals surface area contributed by atoms with Gasteiger partial charge in [0, 0.05) is 24.9 Å². The standard InChI is InChI=1S/C12H11N5O3/c1-13-11-6-5-10(15-16-11)12(18)14-8-3-2-4-9(7-8)17(19)20/h2-7H,1H3,(H,13,16)(H,14,18). The third kappa shape index (κ3) is 3.05. The molecule has 20 heavy (non-hydrogen) atoms. The maximum absolute atomic E-state index is 11.9. The van der Waals surface area contributed by atoms with E-state index < -0.39 is 10.8 Å². The van der Waals surface area contributed by atoms with Crippen molar-refractivity contribution in [2.75, 3.05) is 17.7 Å². The van der Waals surface area contributed by atoms with Gasteiger partial charge in [0.2, 0.25) is 0 Å². The summed E-state index contributed by atoms with van der Waals surface area (Å²) >= 11 is 0. The van der Waals surface area contributed by atoms with Crippen LogP contribution in [-0.2, 0) is 0 Å². The Balaban J connectivity index is 2.14. The van der Waals surface area contributed by atoms with E-state index in [1.165, 1.54) is 24.3 Å². The van der Waals surface area contributed by atoms with Crippen LogP contribution in [0.2, 0.25) is 0 Å². The second kappa shape index (κ2) is 5.74. The summed E-state index contributed by atoms with van der Waals surface area (Å²) in [5.74, 6) is 0.0533. The molecule has 2 N–H and O–H groups in total. The highest BCUT2D eigenvalue weighted by molar-refractivity contribution is 6.02. The second-order valence-corrected chi connectivity index (χ2v) is 3.82. The Labute approximate surface area is 114 Å². The van der Waals surface area contributed by atoms with Crippen LogP contribution < -0.4 is 10.6 Å². The largest absolute Gasteiger partial charge is 0.372 e. The number of hydrogen-bond donors (Lipinski definition) is 2. The van der Waals surface area contributed by atoms with Gasteiger partial charge in [0.15, 0.2) is 5.69 Å². The smallest absolute Gasteiger partial charge is 0.276 e. The number of carbonyl (C=O) groups excluding carboxylic acids is 1. The summed E-state index contributed by atoms with van der Waals surface area (Å²) in [5.41, 5.74) is 0.346. The van der Waals surface area contributed by atoms with Crippen molar-refractivity contribution in [3.63, 3.8) is 0 Å². The van der Waals surface area contributed by atoms with E-state index in [9.17, 15) is 14.9 Å². The molecule has 0 saturated carbocycles. The first-order valence-corrected chi connectivity index (χ1v) is 5.67. The summed E-state index contributed by atoms with van der Waals surface area (Å²) in [7, 11) is 1.69. The fourth-order valence-electron chi connectivity index (χ4n) is 1.48. The molecule has 2 rings (SSSR count). The zero-order valence-electron chi connectivity index (χ0n) is 10.5. The predicted molar refractivity (Wildman–Crippen MR) is 72.6 cm³/mol. The molecular weight excluding hydrogens is 262 g/mol. The zero-order chi connectivity index (χ0) is 14.5. The maximum atomic E-state index is 11.9. The molecule has 1 aromatic carbocycles. The molecule has 0 radical (unpaired) electrons. The molecule has 0 spiro atoms. The van der Waals surface area contributed by atoms with Crippen molar-refractivity contribution >= 4 is 23.1 Å². The number of nitrogens with one attached hydrogen (secondary N) is 2. The molecule has 1 amide bonds. The Morgan fingerprint density at radius 2 is 2.05 bits per heavy atom. The topological polar surface area (TPSA) is 110 Å². The Bertz CT molecular complexity index is 642. The van der Waals surface area contributed by atoms with Crippen molar-refractivity contribution in [1.82, 2.24) is 10.2 Å². The van der Waals surface area contributed by atoms with Crippen LogP contribution in [-0.4, -0.2) is 28.1 Å². The van der Waals surface area contributed by atoms with E-state index >= 15 is 0 Å². The van der Waals surface area contributed by atoms with Crippen molar-refractivity contribution in [3.8, 4) is 0 Å². The fraction of sp³-hybridized carbons (Fsp3) is 0.0833. The molecule has 0 bridgehead atoms. The number of amides is 1. The molecule has 0 atom stereocenters. The molecule has 0 aliphatic carbocycles. The third-order valence-electron chi connectivity index (χ3n) is 2.47. The van der Waals surface area contributed by atoms with E-state index in [2.05, 4.69) is 20.8 Å².